The number of hydrogen-bond donors (Lipinski definition) is 0. The number of carbonyl (C=O) groups excluding carboxylic acids is 1. The van der Waals surface area contributed by atoms with Crippen molar-refractivity contribution in [2.45, 2.75) is 42.9 Å². The summed E-state index contributed by atoms with van der Waals surface area (Å²) in [6.45, 7) is 2.02. The average molecular weight is 362 g/mol. The highest BCUT2D eigenvalue weighted by Gasteiger charge is 2.47. The maximum Gasteiger partial charge on any atom is 0.417 e. The molecule has 3 rings (SSSR count). The summed E-state index contributed by atoms with van der Waals surface area (Å²) in [5, 5.41) is 0. The van der Waals surface area contributed by atoms with E-state index in [0.717, 1.165) is 28.9 Å². The average Bonchev–Trinajstić information content (AvgIpc) is 2.98. The summed E-state index contributed by atoms with van der Waals surface area (Å²) < 4.78 is 66.1. The second-order valence-corrected chi connectivity index (χ2v) is 7.93. The summed E-state index contributed by atoms with van der Waals surface area (Å²) in [5.41, 5.74) is -1.21. The highest BCUT2D eigenvalue weighted by atomic mass is 32.2. The summed E-state index contributed by atoms with van der Waals surface area (Å²) in [5.74, 6) is -0.350. The van der Waals surface area contributed by atoms with Crippen LogP contribution in [0.1, 0.15) is 25.3 Å². The van der Waals surface area contributed by atoms with Crippen LogP contribution in [0.5, 0.6) is 0 Å². The van der Waals surface area contributed by atoms with Crippen molar-refractivity contribution in [1.82, 2.24) is 9.21 Å². The fourth-order valence-electron chi connectivity index (χ4n) is 3.40. The Morgan fingerprint density at radius 2 is 1.88 bits per heavy atom. The number of amides is 1. The van der Waals surface area contributed by atoms with Crippen LogP contribution in [-0.4, -0.2) is 48.7 Å². The van der Waals surface area contributed by atoms with Gasteiger partial charge in [-0.1, -0.05) is 12.1 Å². The molecule has 0 bridgehead atoms. The van der Waals surface area contributed by atoms with Gasteiger partial charge in [0.2, 0.25) is 15.9 Å². The van der Waals surface area contributed by atoms with E-state index in [0.29, 0.717) is 13.0 Å². The minimum Gasteiger partial charge on any atom is -0.337 e. The van der Waals surface area contributed by atoms with E-state index in [4.69, 9.17) is 0 Å². The molecule has 2 fully saturated rings. The lowest BCUT2D eigenvalue weighted by Crippen LogP contribution is -2.60. The first-order valence-electron chi connectivity index (χ1n) is 7.62. The minimum atomic E-state index is -4.79. The topological polar surface area (TPSA) is 57.7 Å². The largest absolute Gasteiger partial charge is 0.417 e. The Kier molecular flexibility index (Phi) is 4.11. The van der Waals surface area contributed by atoms with E-state index < -0.39 is 32.7 Å². The lowest BCUT2D eigenvalue weighted by molar-refractivity contribution is -0.140. The molecular weight excluding hydrogens is 345 g/mol. The van der Waals surface area contributed by atoms with Crippen LogP contribution in [0.15, 0.2) is 29.2 Å². The molecule has 1 amide bonds. The van der Waals surface area contributed by atoms with E-state index in [1.54, 1.807) is 4.90 Å². The Labute approximate surface area is 138 Å². The van der Waals surface area contributed by atoms with E-state index >= 15 is 0 Å². The minimum absolute atomic E-state index is 0.0292. The van der Waals surface area contributed by atoms with Gasteiger partial charge in [0.05, 0.1) is 10.5 Å². The molecule has 5 nitrogen and oxygen atoms in total. The third kappa shape index (κ3) is 2.69. The number of piperazine rings is 1. The maximum atomic E-state index is 13.2. The van der Waals surface area contributed by atoms with E-state index in [9.17, 15) is 26.4 Å². The normalized spacial score (nSPS) is 25.8. The van der Waals surface area contributed by atoms with Crippen molar-refractivity contribution < 1.29 is 26.4 Å². The van der Waals surface area contributed by atoms with Gasteiger partial charge in [0.1, 0.15) is 6.04 Å². The molecule has 2 heterocycles. The zero-order valence-corrected chi connectivity index (χ0v) is 13.8. The molecule has 0 spiro atoms. The summed E-state index contributed by atoms with van der Waals surface area (Å²) in [6, 6.07) is 2.81. The van der Waals surface area contributed by atoms with Crippen LogP contribution in [0.3, 0.4) is 0 Å². The number of hydrogen-bond acceptors (Lipinski definition) is 3. The number of rotatable bonds is 2. The van der Waals surface area contributed by atoms with Gasteiger partial charge >= 0.3 is 6.18 Å². The number of sulfonamides is 1. The van der Waals surface area contributed by atoms with Crippen LogP contribution in [0, 0.1) is 0 Å². The molecular formula is C15H17F3N2O3S. The molecule has 0 unspecified atom stereocenters. The van der Waals surface area contributed by atoms with Gasteiger partial charge in [0.15, 0.2) is 0 Å². The van der Waals surface area contributed by atoms with Gasteiger partial charge in [-0.05, 0) is 31.9 Å². The highest BCUT2D eigenvalue weighted by molar-refractivity contribution is 7.89. The fourth-order valence-corrected chi connectivity index (χ4v) is 5.24. The van der Waals surface area contributed by atoms with Crippen molar-refractivity contribution in [3.05, 3.63) is 29.8 Å². The standard InChI is InChI=1S/C15H17F3N2O3S/c1-10-14(21)19-8-4-5-11(19)9-20(10)24(22,23)13-7-3-2-6-12(13)15(16,17)18/h2-3,6-7,10-11H,4-5,8-9H2,1H3/t10-,11+/m1/s1. The third-order valence-corrected chi connectivity index (χ3v) is 6.61. The molecule has 0 aromatic heterocycles. The number of benzene rings is 1. The number of alkyl halides is 3. The van der Waals surface area contributed by atoms with E-state index in [1.807, 2.05) is 0 Å². The highest BCUT2D eigenvalue weighted by Crippen LogP contribution is 2.37. The SMILES string of the molecule is C[C@@H]1C(=O)N2CCC[C@H]2CN1S(=O)(=O)c1ccccc1C(F)(F)F. The van der Waals surface area contributed by atoms with Crippen LogP contribution in [0.2, 0.25) is 0 Å². The maximum absolute atomic E-state index is 13.2. The number of halogens is 3. The molecule has 1 aromatic rings. The van der Waals surface area contributed by atoms with Gasteiger partial charge < -0.3 is 4.90 Å². The predicted octanol–water partition coefficient (Wildman–Crippen LogP) is 2.09. The second-order valence-electron chi connectivity index (χ2n) is 6.07. The van der Waals surface area contributed by atoms with Gasteiger partial charge in [-0.25, -0.2) is 8.42 Å². The molecule has 24 heavy (non-hydrogen) atoms. The van der Waals surface area contributed by atoms with Gasteiger partial charge in [-0.2, -0.15) is 17.5 Å². The fraction of sp³-hybridized carbons (Fsp3) is 0.533. The van der Waals surface area contributed by atoms with Crippen molar-refractivity contribution in [1.29, 1.82) is 0 Å². The van der Waals surface area contributed by atoms with Crippen LogP contribution < -0.4 is 0 Å². The van der Waals surface area contributed by atoms with Crippen molar-refractivity contribution in [2.24, 2.45) is 0 Å². The van der Waals surface area contributed by atoms with Crippen molar-refractivity contribution in [3.8, 4) is 0 Å². The first-order valence-corrected chi connectivity index (χ1v) is 9.06. The molecule has 0 radical (unpaired) electrons. The van der Waals surface area contributed by atoms with Crippen LogP contribution in [0.25, 0.3) is 0 Å². The Hall–Kier alpha value is -1.61. The number of nitrogens with zero attached hydrogens (tertiary/aromatic N) is 2. The Morgan fingerprint density at radius 1 is 1.21 bits per heavy atom. The van der Waals surface area contributed by atoms with Crippen molar-refractivity contribution in [3.63, 3.8) is 0 Å². The van der Waals surface area contributed by atoms with Gasteiger partial charge in [0, 0.05) is 19.1 Å². The molecule has 9 heteroatoms. The van der Waals surface area contributed by atoms with E-state index in [-0.39, 0.29) is 18.5 Å². The lowest BCUT2D eigenvalue weighted by atomic mass is 10.1. The Bertz CT molecular complexity index is 763. The molecule has 0 N–H and O–H groups in total. The van der Waals surface area contributed by atoms with E-state index in [1.165, 1.54) is 13.0 Å². The molecule has 2 aliphatic heterocycles. The molecule has 1 aromatic carbocycles. The molecule has 0 saturated carbocycles. The number of carbonyl (C=O) groups is 1. The smallest absolute Gasteiger partial charge is 0.337 e. The number of fused-ring (bicyclic) bond motifs is 1. The molecule has 2 aliphatic rings. The van der Waals surface area contributed by atoms with Crippen LogP contribution in [-0.2, 0) is 21.0 Å². The summed E-state index contributed by atoms with van der Waals surface area (Å²) in [6.07, 6.45) is -3.35. The van der Waals surface area contributed by atoms with Crippen LogP contribution >= 0.6 is 0 Å². The van der Waals surface area contributed by atoms with Crippen molar-refractivity contribution in [2.75, 3.05) is 13.1 Å². The monoisotopic (exact) mass is 362 g/mol. The zero-order chi connectivity index (χ0) is 17.7. The van der Waals surface area contributed by atoms with Crippen molar-refractivity contribution >= 4 is 15.9 Å². The van der Waals surface area contributed by atoms with Gasteiger partial charge in [-0.15, -0.1) is 0 Å². The summed E-state index contributed by atoms with van der Waals surface area (Å²) in [4.78, 5) is 13.2. The second kappa shape index (κ2) is 5.73. The molecule has 2 atom stereocenters. The zero-order valence-electron chi connectivity index (χ0n) is 13.0. The van der Waals surface area contributed by atoms with Gasteiger partial charge in [-0.3, -0.25) is 4.79 Å². The molecule has 2 saturated heterocycles. The van der Waals surface area contributed by atoms with Crippen LogP contribution in [0.4, 0.5) is 13.2 Å². The summed E-state index contributed by atoms with van der Waals surface area (Å²) >= 11 is 0. The first kappa shape index (κ1) is 17.2. The quantitative estimate of drug-likeness (QED) is 0.810. The predicted molar refractivity (Wildman–Crippen MR) is 79.5 cm³/mol. The van der Waals surface area contributed by atoms with Gasteiger partial charge in [0.25, 0.3) is 0 Å². The first-order chi connectivity index (χ1) is 11.1. The Morgan fingerprint density at radius 3 is 2.54 bits per heavy atom. The molecule has 0 aliphatic carbocycles. The summed E-state index contributed by atoms with van der Waals surface area (Å²) in [7, 11) is -4.43. The Balaban J connectivity index is 2.04. The third-order valence-electron chi connectivity index (χ3n) is 4.62. The van der Waals surface area contributed by atoms with E-state index in [2.05, 4.69) is 0 Å². The lowest BCUT2D eigenvalue weighted by Gasteiger charge is -2.40. The molecule has 132 valence electrons.